The highest BCUT2D eigenvalue weighted by molar-refractivity contribution is 5.82. The Labute approximate surface area is 102 Å². The van der Waals surface area contributed by atoms with Crippen molar-refractivity contribution >= 4 is 5.91 Å². The first-order chi connectivity index (χ1) is 8.15. The molecule has 0 aliphatic carbocycles. The Hall–Kier alpha value is -1.39. The normalized spacial score (nSPS) is 14.1. The number of hydrogen-bond acceptors (Lipinski definition) is 3. The minimum absolute atomic E-state index is 0.175. The lowest BCUT2D eigenvalue weighted by molar-refractivity contribution is -0.125. The lowest BCUT2D eigenvalue weighted by Crippen LogP contribution is -2.50. The number of aliphatic hydroxyl groups is 1. The molecule has 0 heterocycles. The molecule has 0 spiro atoms. The molecule has 3 N–H and O–H groups in total. The van der Waals surface area contributed by atoms with Gasteiger partial charge in [0, 0.05) is 6.54 Å². The van der Waals surface area contributed by atoms with E-state index in [9.17, 15) is 9.90 Å². The molecule has 0 saturated heterocycles. The second-order valence-corrected chi connectivity index (χ2v) is 3.98. The van der Waals surface area contributed by atoms with Gasteiger partial charge in [-0.2, -0.15) is 0 Å². The molecular formula is C13H20N2O2. The Balaban J connectivity index is 2.47. The fraction of sp³-hybridized carbons (Fsp3) is 0.462. The van der Waals surface area contributed by atoms with Crippen LogP contribution in [0.3, 0.4) is 0 Å². The van der Waals surface area contributed by atoms with Crippen LogP contribution < -0.4 is 10.6 Å². The van der Waals surface area contributed by atoms with Crippen molar-refractivity contribution in [2.75, 3.05) is 6.54 Å². The average molecular weight is 236 g/mol. The highest BCUT2D eigenvalue weighted by Crippen LogP contribution is 1.99. The van der Waals surface area contributed by atoms with E-state index in [1.54, 1.807) is 6.92 Å². The van der Waals surface area contributed by atoms with Gasteiger partial charge in [0.25, 0.3) is 0 Å². The maximum Gasteiger partial charge on any atom is 0.240 e. The zero-order chi connectivity index (χ0) is 12.7. The Morgan fingerprint density at radius 3 is 2.53 bits per heavy atom. The standard InChI is InChI=1S/C13H20N2O2/c1-3-14-12(10(2)16)13(17)15-9-11-7-5-4-6-8-11/h4-8,10,12,14,16H,3,9H2,1-2H3,(H,15,17)/t10-,12+/m1/s1. The van der Waals surface area contributed by atoms with E-state index in [1.165, 1.54) is 0 Å². The number of benzene rings is 1. The SMILES string of the molecule is CCN[C@H](C(=O)NCc1ccccc1)[C@@H](C)O. The molecule has 1 amide bonds. The number of nitrogens with one attached hydrogen (secondary N) is 2. The summed E-state index contributed by atoms with van der Waals surface area (Å²) in [6.07, 6.45) is -0.703. The van der Waals surface area contributed by atoms with Gasteiger partial charge in [-0.25, -0.2) is 0 Å². The molecule has 17 heavy (non-hydrogen) atoms. The molecule has 1 rings (SSSR count). The van der Waals surface area contributed by atoms with Gasteiger partial charge >= 0.3 is 0 Å². The molecule has 1 aromatic carbocycles. The number of amides is 1. The summed E-state index contributed by atoms with van der Waals surface area (Å²) < 4.78 is 0. The van der Waals surface area contributed by atoms with E-state index in [-0.39, 0.29) is 5.91 Å². The zero-order valence-electron chi connectivity index (χ0n) is 10.3. The molecule has 0 aromatic heterocycles. The van der Waals surface area contributed by atoms with E-state index in [2.05, 4.69) is 10.6 Å². The number of rotatable bonds is 6. The van der Waals surface area contributed by atoms with Gasteiger partial charge in [0.2, 0.25) is 5.91 Å². The minimum Gasteiger partial charge on any atom is -0.391 e. The maximum absolute atomic E-state index is 11.8. The predicted molar refractivity (Wildman–Crippen MR) is 67.4 cm³/mol. The highest BCUT2D eigenvalue weighted by Gasteiger charge is 2.21. The van der Waals surface area contributed by atoms with Crippen LogP contribution in [-0.4, -0.2) is 29.7 Å². The van der Waals surface area contributed by atoms with Gasteiger partial charge in [-0.15, -0.1) is 0 Å². The fourth-order valence-electron chi connectivity index (χ4n) is 1.60. The molecule has 0 saturated carbocycles. The third-order valence-electron chi connectivity index (χ3n) is 2.50. The molecule has 4 nitrogen and oxygen atoms in total. The van der Waals surface area contributed by atoms with Crippen LogP contribution >= 0.6 is 0 Å². The smallest absolute Gasteiger partial charge is 0.240 e. The molecule has 4 heteroatoms. The van der Waals surface area contributed by atoms with Crippen molar-refractivity contribution in [3.63, 3.8) is 0 Å². The molecule has 0 aliphatic heterocycles. The average Bonchev–Trinajstić information content (AvgIpc) is 2.34. The van der Waals surface area contributed by atoms with Crippen molar-refractivity contribution in [3.05, 3.63) is 35.9 Å². The van der Waals surface area contributed by atoms with Crippen molar-refractivity contribution in [1.29, 1.82) is 0 Å². The van der Waals surface area contributed by atoms with E-state index in [0.717, 1.165) is 5.56 Å². The summed E-state index contributed by atoms with van der Waals surface area (Å²) in [5.41, 5.74) is 1.04. The first-order valence-electron chi connectivity index (χ1n) is 5.88. The van der Waals surface area contributed by atoms with Crippen LogP contribution in [0, 0.1) is 0 Å². The van der Waals surface area contributed by atoms with E-state index < -0.39 is 12.1 Å². The molecule has 0 unspecified atom stereocenters. The van der Waals surface area contributed by atoms with Gasteiger partial charge in [0.15, 0.2) is 0 Å². The Kier molecular flexibility index (Phi) is 5.66. The summed E-state index contributed by atoms with van der Waals surface area (Å²) in [5, 5.41) is 15.2. The van der Waals surface area contributed by atoms with Crippen molar-refractivity contribution in [2.45, 2.75) is 32.5 Å². The van der Waals surface area contributed by atoms with Crippen LogP contribution in [0.1, 0.15) is 19.4 Å². The first kappa shape index (κ1) is 13.7. The summed E-state index contributed by atoms with van der Waals surface area (Å²) in [7, 11) is 0. The van der Waals surface area contributed by atoms with Gasteiger partial charge in [-0.3, -0.25) is 4.79 Å². The number of carbonyl (C=O) groups excluding carboxylic acids is 1. The molecular weight excluding hydrogens is 216 g/mol. The lowest BCUT2D eigenvalue weighted by atomic mass is 10.1. The third-order valence-corrected chi connectivity index (χ3v) is 2.50. The zero-order valence-corrected chi connectivity index (χ0v) is 10.3. The van der Waals surface area contributed by atoms with Gasteiger partial charge in [0.1, 0.15) is 6.04 Å². The molecule has 0 aliphatic rings. The van der Waals surface area contributed by atoms with Crippen LogP contribution in [0.5, 0.6) is 0 Å². The summed E-state index contributed by atoms with van der Waals surface area (Å²) >= 11 is 0. The van der Waals surface area contributed by atoms with E-state index in [0.29, 0.717) is 13.1 Å². The monoisotopic (exact) mass is 236 g/mol. The molecule has 0 fully saturated rings. The van der Waals surface area contributed by atoms with Gasteiger partial charge in [-0.05, 0) is 19.0 Å². The summed E-state index contributed by atoms with van der Waals surface area (Å²) in [6, 6.07) is 9.14. The minimum atomic E-state index is -0.703. The molecule has 0 bridgehead atoms. The number of likely N-dealkylation sites (N-methyl/N-ethyl adjacent to an activating group) is 1. The number of carbonyl (C=O) groups is 1. The van der Waals surface area contributed by atoms with Gasteiger partial charge < -0.3 is 15.7 Å². The Bertz CT molecular complexity index is 339. The molecule has 1 aromatic rings. The fourth-order valence-corrected chi connectivity index (χ4v) is 1.60. The molecule has 94 valence electrons. The van der Waals surface area contributed by atoms with Crippen molar-refractivity contribution in [1.82, 2.24) is 10.6 Å². The topological polar surface area (TPSA) is 61.4 Å². The van der Waals surface area contributed by atoms with E-state index in [4.69, 9.17) is 0 Å². The predicted octanol–water partition coefficient (Wildman–Crippen LogP) is 0.662. The van der Waals surface area contributed by atoms with Crippen LogP contribution in [0.4, 0.5) is 0 Å². The number of aliphatic hydroxyl groups excluding tert-OH is 1. The second-order valence-electron chi connectivity index (χ2n) is 3.98. The van der Waals surface area contributed by atoms with Crippen molar-refractivity contribution < 1.29 is 9.90 Å². The van der Waals surface area contributed by atoms with Crippen LogP contribution in [0.15, 0.2) is 30.3 Å². The Morgan fingerprint density at radius 2 is 2.00 bits per heavy atom. The maximum atomic E-state index is 11.8. The summed E-state index contributed by atoms with van der Waals surface area (Å²) in [4.78, 5) is 11.8. The Morgan fingerprint density at radius 1 is 1.35 bits per heavy atom. The van der Waals surface area contributed by atoms with Gasteiger partial charge in [0.05, 0.1) is 6.10 Å². The van der Waals surface area contributed by atoms with Crippen molar-refractivity contribution in [3.8, 4) is 0 Å². The summed E-state index contributed by atoms with van der Waals surface area (Å²) in [5.74, 6) is -0.175. The largest absolute Gasteiger partial charge is 0.391 e. The molecule has 0 radical (unpaired) electrons. The van der Waals surface area contributed by atoms with E-state index >= 15 is 0 Å². The van der Waals surface area contributed by atoms with Crippen LogP contribution in [0.25, 0.3) is 0 Å². The third kappa shape index (κ3) is 4.54. The quantitative estimate of drug-likeness (QED) is 0.680. The number of hydrogen-bond donors (Lipinski definition) is 3. The van der Waals surface area contributed by atoms with Gasteiger partial charge in [-0.1, -0.05) is 37.3 Å². The summed E-state index contributed by atoms with van der Waals surface area (Å²) in [6.45, 7) is 4.64. The lowest BCUT2D eigenvalue weighted by Gasteiger charge is -2.20. The van der Waals surface area contributed by atoms with Crippen LogP contribution in [-0.2, 0) is 11.3 Å². The molecule has 2 atom stereocenters. The van der Waals surface area contributed by atoms with E-state index in [1.807, 2.05) is 37.3 Å². The van der Waals surface area contributed by atoms with Crippen molar-refractivity contribution in [2.24, 2.45) is 0 Å². The van der Waals surface area contributed by atoms with Crippen LogP contribution in [0.2, 0.25) is 0 Å². The highest BCUT2D eigenvalue weighted by atomic mass is 16.3. The second kappa shape index (κ2) is 7.04. The first-order valence-corrected chi connectivity index (χ1v) is 5.88.